The van der Waals surface area contributed by atoms with Crippen molar-refractivity contribution in [3.63, 3.8) is 0 Å². The van der Waals surface area contributed by atoms with E-state index in [2.05, 4.69) is 10.2 Å². The van der Waals surface area contributed by atoms with E-state index >= 15 is 0 Å². The zero-order chi connectivity index (χ0) is 16.3. The molecule has 22 heavy (non-hydrogen) atoms. The minimum atomic E-state index is -0.893. The number of hydrogen-bond donors (Lipinski definition) is 1. The minimum absolute atomic E-state index is 0.0139. The van der Waals surface area contributed by atoms with Crippen LogP contribution >= 0.6 is 11.6 Å². The van der Waals surface area contributed by atoms with E-state index in [0.717, 1.165) is 17.1 Å². The fraction of sp³-hybridized carbons (Fsp3) is 0.0833. The molecule has 2 rings (SSSR count). The Hall–Kier alpha value is -2.81. The molecule has 1 aromatic heterocycles. The van der Waals surface area contributed by atoms with E-state index in [1.54, 1.807) is 0 Å². The first-order valence-corrected chi connectivity index (χ1v) is 6.23. The lowest BCUT2D eigenvalue weighted by molar-refractivity contribution is -0.385. The number of amides is 1. The summed E-state index contributed by atoms with van der Waals surface area (Å²) in [5.41, 5.74) is 1.16. The highest BCUT2D eigenvalue weighted by molar-refractivity contribution is 6.33. The van der Waals surface area contributed by atoms with Gasteiger partial charge in [0.15, 0.2) is 0 Å². The second kappa shape index (κ2) is 6.31. The van der Waals surface area contributed by atoms with E-state index in [1.807, 2.05) is 5.43 Å². The van der Waals surface area contributed by atoms with Crippen molar-refractivity contribution in [3.8, 4) is 0 Å². The summed E-state index contributed by atoms with van der Waals surface area (Å²) in [6.07, 6.45) is 2.09. The molecule has 8 nitrogen and oxygen atoms in total. The quantitative estimate of drug-likeness (QED) is 0.526. The second-order valence-electron chi connectivity index (χ2n) is 4.13. The largest absolute Gasteiger partial charge is 0.320 e. The van der Waals surface area contributed by atoms with Crippen molar-refractivity contribution in [1.29, 1.82) is 0 Å². The summed E-state index contributed by atoms with van der Waals surface area (Å²) >= 11 is 5.78. The van der Waals surface area contributed by atoms with Crippen molar-refractivity contribution in [1.82, 2.24) is 15.2 Å². The van der Waals surface area contributed by atoms with Crippen molar-refractivity contribution in [2.24, 2.45) is 12.1 Å². The van der Waals surface area contributed by atoms with Crippen LogP contribution in [0.2, 0.25) is 5.02 Å². The summed E-state index contributed by atoms with van der Waals surface area (Å²) in [6, 6.07) is 4.06. The number of nitrogens with one attached hydrogen (secondary N) is 1. The Morgan fingerprint density at radius 3 is 2.95 bits per heavy atom. The Morgan fingerprint density at radius 1 is 1.59 bits per heavy atom. The highest BCUT2D eigenvalue weighted by Gasteiger charge is 2.24. The Balaban J connectivity index is 2.17. The first-order chi connectivity index (χ1) is 10.4. The van der Waals surface area contributed by atoms with Crippen LogP contribution in [-0.2, 0) is 7.05 Å². The monoisotopic (exact) mass is 325 g/mol. The molecule has 10 heteroatoms. The molecule has 0 saturated heterocycles. The summed E-state index contributed by atoms with van der Waals surface area (Å²) in [7, 11) is 1.44. The lowest BCUT2D eigenvalue weighted by Crippen LogP contribution is -2.19. The van der Waals surface area contributed by atoms with E-state index in [9.17, 15) is 19.3 Å². The van der Waals surface area contributed by atoms with Crippen molar-refractivity contribution in [2.45, 2.75) is 0 Å². The molecule has 0 bridgehead atoms. The molecule has 0 saturated carbocycles. The number of benzene rings is 1. The van der Waals surface area contributed by atoms with E-state index < -0.39 is 28.0 Å². The number of halogens is 2. The van der Waals surface area contributed by atoms with Crippen molar-refractivity contribution in [3.05, 3.63) is 56.6 Å². The van der Waals surface area contributed by atoms with Crippen LogP contribution in [0.15, 0.2) is 29.5 Å². The zero-order valence-electron chi connectivity index (χ0n) is 11.2. The molecular formula is C12H9ClFN5O3. The molecule has 114 valence electrons. The molecule has 0 aliphatic rings. The van der Waals surface area contributed by atoms with Crippen LogP contribution in [0.3, 0.4) is 0 Å². The lowest BCUT2D eigenvalue weighted by atomic mass is 10.2. The summed E-state index contributed by atoms with van der Waals surface area (Å²) in [6.45, 7) is 0. The third kappa shape index (κ3) is 3.26. The molecule has 1 aromatic carbocycles. The molecule has 0 aliphatic carbocycles. The summed E-state index contributed by atoms with van der Waals surface area (Å²) < 4.78 is 14.6. The van der Waals surface area contributed by atoms with E-state index in [0.29, 0.717) is 0 Å². The smallest absolute Gasteiger partial charge is 0.268 e. The predicted octanol–water partition coefficient (Wildman–Crippen LogP) is 1.88. The van der Waals surface area contributed by atoms with Crippen LogP contribution in [0.1, 0.15) is 16.1 Å². The molecule has 0 spiro atoms. The molecular weight excluding hydrogens is 317 g/mol. The maximum absolute atomic E-state index is 13.5. The van der Waals surface area contributed by atoms with Gasteiger partial charge in [0.1, 0.15) is 12.0 Å². The normalized spacial score (nSPS) is 10.9. The standard InChI is InChI=1S/C12H9ClFN5O3/c1-18-6-10(19(21)22)11(17-18)12(20)16-15-5-7-8(13)3-2-4-9(7)14/h2-6H,1H3,(H,16,20)/b15-5-. The lowest BCUT2D eigenvalue weighted by Gasteiger charge is -1.99. The summed E-state index contributed by atoms with van der Waals surface area (Å²) in [5.74, 6) is -1.51. The number of rotatable bonds is 4. The fourth-order valence-electron chi connectivity index (χ4n) is 1.61. The van der Waals surface area contributed by atoms with Gasteiger partial charge < -0.3 is 0 Å². The molecule has 0 radical (unpaired) electrons. The maximum Gasteiger partial charge on any atom is 0.320 e. The zero-order valence-corrected chi connectivity index (χ0v) is 11.9. The average molecular weight is 326 g/mol. The maximum atomic E-state index is 13.5. The first kappa shape index (κ1) is 15.6. The molecule has 1 heterocycles. The average Bonchev–Trinajstić information content (AvgIpc) is 2.84. The van der Waals surface area contributed by atoms with Crippen molar-refractivity contribution < 1.29 is 14.1 Å². The van der Waals surface area contributed by atoms with Crippen LogP contribution in [0.25, 0.3) is 0 Å². The van der Waals surface area contributed by atoms with Gasteiger partial charge in [0.2, 0.25) is 5.69 Å². The molecule has 0 fully saturated rings. The van der Waals surface area contributed by atoms with E-state index in [4.69, 9.17) is 11.6 Å². The van der Waals surface area contributed by atoms with Gasteiger partial charge in [-0.1, -0.05) is 17.7 Å². The van der Waals surface area contributed by atoms with Gasteiger partial charge in [-0.05, 0) is 12.1 Å². The Bertz CT molecular complexity index is 754. The number of nitrogens with zero attached hydrogens (tertiary/aromatic N) is 4. The van der Waals surface area contributed by atoms with Gasteiger partial charge in [-0.25, -0.2) is 9.82 Å². The number of hydrazone groups is 1. The van der Waals surface area contributed by atoms with Crippen LogP contribution in [0.5, 0.6) is 0 Å². The van der Waals surface area contributed by atoms with E-state index in [1.165, 1.54) is 25.2 Å². The number of aromatic nitrogens is 2. The molecule has 0 atom stereocenters. The third-order valence-electron chi connectivity index (χ3n) is 2.58. The third-order valence-corrected chi connectivity index (χ3v) is 2.91. The van der Waals surface area contributed by atoms with Gasteiger partial charge in [-0.3, -0.25) is 19.6 Å². The molecule has 1 amide bonds. The Labute approximate surface area is 128 Å². The molecule has 0 unspecified atom stereocenters. The van der Waals surface area contributed by atoms with Gasteiger partial charge in [0, 0.05) is 12.6 Å². The van der Waals surface area contributed by atoms with Crippen LogP contribution in [0.4, 0.5) is 10.1 Å². The number of carbonyl (C=O) groups excluding carboxylic acids is 1. The Morgan fingerprint density at radius 2 is 2.32 bits per heavy atom. The van der Waals surface area contributed by atoms with Crippen LogP contribution in [0, 0.1) is 15.9 Å². The number of aryl methyl sites for hydroxylation is 1. The molecule has 2 aromatic rings. The number of carbonyl (C=O) groups is 1. The molecule has 0 aliphatic heterocycles. The fourth-order valence-corrected chi connectivity index (χ4v) is 1.83. The van der Waals surface area contributed by atoms with Gasteiger partial charge in [0.25, 0.3) is 5.91 Å². The summed E-state index contributed by atoms with van der Waals surface area (Å²) in [5, 5.41) is 18.1. The Kier molecular flexibility index (Phi) is 4.47. The predicted molar refractivity (Wildman–Crippen MR) is 76.3 cm³/mol. The van der Waals surface area contributed by atoms with Gasteiger partial charge >= 0.3 is 5.69 Å². The van der Waals surface area contributed by atoms with Crippen LogP contribution < -0.4 is 5.43 Å². The van der Waals surface area contributed by atoms with Crippen molar-refractivity contribution in [2.75, 3.05) is 0 Å². The summed E-state index contributed by atoms with van der Waals surface area (Å²) in [4.78, 5) is 21.9. The van der Waals surface area contributed by atoms with Crippen molar-refractivity contribution >= 4 is 29.4 Å². The number of hydrogen-bond acceptors (Lipinski definition) is 5. The SMILES string of the molecule is Cn1cc([N+](=O)[O-])c(C(=O)N/N=C\c2c(F)cccc2Cl)n1. The van der Waals surface area contributed by atoms with Crippen LogP contribution in [-0.4, -0.2) is 26.8 Å². The highest BCUT2D eigenvalue weighted by atomic mass is 35.5. The highest BCUT2D eigenvalue weighted by Crippen LogP contribution is 2.17. The first-order valence-electron chi connectivity index (χ1n) is 5.85. The van der Waals surface area contributed by atoms with Gasteiger partial charge in [-0.2, -0.15) is 10.2 Å². The van der Waals surface area contributed by atoms with Gasteiger partial charge in [0.05, 0.1) is 16.2 Å². The minimum Gasteiger partial charge on any atom is -0.268 e. The topological polar surface area (TPSA) is 102 Å². The van der Waals surface area contributed by atoms with E-state index in [-0.39, 0.29) is 10.6 Å². The molecule has 1 N–H and O–H groups in total. The number of nitro groups is 1. The van der Waals surface area contributed by atoms with Gasteiger partial charge in [-0.15, -0.1) is 0 Å². The second-order valence-corrected chi connectivity index (χ2v) is 4.54.